The van der Waals surface area contributed by atoms with Crippen molar-refractivity contribution in [1.82, 2.24) is 24.3 Å². The SMILES string of the molecule is Cc1cccc2cc(CN(Cc3ccccc3)S(=O)(=O)c3ccccc3)c3nnnn3c12. The van der Waals surface area contributed by atoms with Crippen LogP contribution in [0, 0.1) is 6.92 Å². The summed E-state index contributed by atoms with van der Waals surface area (Å²) in [4.78, 5) is 0.253. The van der Waals surface area contributed by atoms with Crippen LogP contribution in [0.25, 0.3) is 16.6 Å². The Morgan fingerprint density at radius 3 is 2.34 bits per heavy atom. The Balaban J connectivity index is 1.64. The van der Waals surface area contributed by atoms with E-state index >= 15 is 0 Å². The number of aryl methyl sites for hydroxylation is 1. The summed E-state index contributed by atoms with van der Waals surface area (Å²) in [5.41, 5.74) is 4.15. The van der Waals surface area contributed by atoms with Gasteiger partial charge in [0.05, 0.1) is 10.4 Å². The van der Waals surface area contributed by atoms with Gasteiger partial charge in [-0.1, -0.05) is 66.7 Å². The van der Waals surface area contributed by atoms with E-state index in [9.17, 15) is 8.42 Å². The quantitative estimate of drug-likeness (QED) is 0.397. The highest BCUT2D eigenvalue weighted by Gasteiger charge is 2.26. The van der Waals surface area contributed by atoms with E-state index in [0.29, 0.717) is 5.65 Å². The zero-order valence-corrected chi connectivity index (χ0v) is 18.3. The van der Waals surface area contributed by atoms with Gasteiger partial charge in [0.25, 0.3) is 0 Å². The van der Waals surface area contributed by atoms with Crippen LogP contribution in [0.2, 0.25) is 0 Å². The number of rotatable bonds is 6. The minimum atomic E-state index is -3.76. The molecule has 0 saturated heterocycles. The summed E-state index contributed by atoms with van der Waals surface area (Å²) in [6.45, 7) is 2.38. The minimum Gasteiger partial charge on any atom is -0.207 e. The van der Waals surface area contributed by atoms with Crippen molar-refractivity contribution < 1.29 is 8.42 Å². The largest absolute Gasteiger partial charge is 0.243 e. The number of fused-ring (bicyclic) bond motifs is 3. The maximum absolute atomic E-state index is 13.6. The Bertz CT molecular complexity index is 1500. The molecule has 0 amide bonds. The van der Waals surface area contributed by atoms with E-state index in [4.69, 9.17) is 0 Å². The Morgan fingerprint density at radius 1 is 0.875 bits per heavy atom. The van der Waals surface area contributed by atoms with Crippen LogP contribution in [0.5, 0.6) is 0 Å². The van der Waals surface area contributed by atoms with E-state index in [1.807, 2.05) is 61.5 Å². The van der Waals surface area contributed by atoms with Crippen molar-refractivity contribution in [3.05, 3.63) is 102 Å². The van der Waals surface area contributed by atoms with Gasteiger partial charge in [0.15, 0.2) is 5.65 Å². The average molecular weight is 444 g/mol. The van der Waals surface area contributed by atoms with Gasteiger partial charge in [-0.15, -0.1) is 5.10 Å². The molecule has 2 heterocycles. The Morgan fingerprint density at radius 2 is 1.59 bits per heavy atom. The fraction of sp³-hybridized carbons (Fsp3) is 0.125. The molecule has 0 fully saturated rings. The van der Waals surface area contributed by atoms with Crippen molar-refractivity contribution in [2.24, 2.45) is 0 Å². The molecule has 0 atom stereocenters. The summed E-state index contributed by atoms with van der Waals surface area (Å²) in [5, 5.41) is 13.2. The van der Waals surface area contributed by atoms with Crippen LogP contribution in [0.15, 0.2) is 89.8 Å². The molecule has 0 N–H and O–H groups in total. The van der Waals surface area contributed by atoms with Gasteiger partial charge in [-0.25, -0.2) is 8.42 Å². The number of sulfonamides is 1. The van der Waals surface area contributed by atoms with Crippen molar-refractivity contribution in [2.45, 2.75) is 24.9 Å². The Hall–Kier alpha value is -3.62. The lowest BCUT2D eigenvalue weighted by Crippen LogP contribution is -2.30. The van der Waals surface area contributed by atoms with Crippen molar-refractivity contribution >= 4 is 26.6 Å². The number of hydrogen-bond acceptors (Lipinski definition) is 5. The zero-order valence-electron chi connectivity index (χ0n) is 17.5. The van der Waals surface area contributed by atoms with Crippen LogP contribution in [0.3, 0.4) is 0 Å². The standard InChI is InChI=1S/C24H21N5O2S/c1-18-9-8-12-20-15-21(24-25-26-27-29(24)23(18)20)17-28(16-19-10-4-2-5-11-19)32(30,31)22-13-6-3-7-14-22/h2-15H,16-17H2,1H3. The van der Waals surface area contributed by atoms with E-state index in [2.05, 4.69) is 15.5 Å². The second kappa shape index (κ2) is 8.14. The summed E-state index contributed by atoms with van der Waals surface area (Å²) in [5.74, 6) is 0. The minimum absolute atomic E-state index is 0.139. The van der Waals surface area contributed by atoms with Gasteiger partial charge < -0.3 is 0 Å². The first-order valence-electron chi connectivity index (χ1n) is 10.2. The first-order chi connectivity index (χ1) is 15.5. The number of tetrazole rings is 1. The fourth-order valence-corrected chi connectivity index (χ4v) is 5.37. The molecule has 0 aliphatic carbocycles. The van der Waals surface area contributed by atoms with Gasteiger partial charge >= 0.3 is 0 Å². The van der Waals surface area contributed by atoms with Gasteiger partial charge in [0, 0.05) is 24.0 Å². The molecule has 7 nitrogen and oxygen atoms in total. The molecule has 2 aromatic heterocycles. The topological polar surface area (TPSA) is 80.5 Å². The lowest BCUT2D eigenvalue weighted by Gasteiger charge is -2.23. The van der Waals surface area contributed by atoms with Crippen molar-refractivity contribution in [3.8, 4) is 0 Å². The molecule has 5 rings (SSSR count). The molecule has 0 aliphatic rings. The maximum Gasteiger partial charge on any atom is 0.243 e. The number of benzene rings is 3. The van der Waals surface area contributed by atoms with Crippen molar-refractivity contribution in [3.63, 3.8) is 0 Å². The molecule has 0 radical (unpaired) electrons. The summed E-state index contributed by atoms with van der Waals surface area (Å²) in [6.07, 6.45) is 0. The van der Waals surface area contributed by atoms with Gasteiger partial charge in [-0.05, 0) is 46.7 Å². The molecule has 8 heteroatoms. The van der Waals surface area contributed by atoms with Crippen molar-refractivity contribution in [2.75, 3.05) is 0 Å². The normalized spacial score (nSPS) is 12.1. The lowest BCUT2D eigenvalue weighted by molar-refractivity contribution is 0.402. The highest BCUT2D eigenvalue weighted by molar-refractivity contribution is 7.89. The van der Waals surface area contributed by atoms with Crippen molar-refractivity contribution in [1.29, 1.82) is 0 Å². The molecule has 5 aromatic rings. The molecular weight excluding hydrogens is 422 g/mol. The highest BCUT2D eigenvalue weighted by Crippen LogP contribution is 2.26. The van der Waals surface area contributed by atoms with E-state index in [-0.39, 0.29) is 18.0 Å². The highest BCUT2D eigenvalue weighted by atomic mass is 32.2. The van der Waals surface area contributed by atoms with Crippen LogP contribution in [0.1, 0.15) is 16.7 Å². The Kier molecular flexibility index (Phi) is 5.16. The number of hydrogen-bond donors (Lipinski definition) is 0. The van der Waals surface area contributed by atoms with E-state index < -0.39 is 10.0 Å². The molecule has 0 saturated carbocycles. The number of para-hydroxylation sites is 1. The number of pyridine rings is 1. The summed E-state index contributed by atoms with van der Waals surface area (Å²) in [6, 6.07) is 26.0. The zero-order chi connectivity index (χ0) is 22.1. The fourth-order valence-electron chi connectivity index (χ4n) is 3.94. The van der Waals surface area contributed by atoms with E-state index in [1.165, 1.54) is 4.31 Å². The molecule has 32 heavy (non-hydrogen) atoms. The third-order valence-corrected chi connectivity index (χ3v) is 7.30. The summed E-state index contributed by atoms with van der Waals surface area (Å²) < 4.78 is 30.4. The van der Waals surface area contributed by atoms with Crippen LogP contribution in [0.4, 0.5) is 0 Å². The van der Waals surface area contributed by atoms with Gasteiger partial charge in [0.1, 0.15) is 0 Å². The second-order valence-electron chi connectivity index (χ2n) is 7.67. The van der Waals surface area contributed by atoms with Crippen LogP contribution in [-0.2, 0) is 23.1 Å². The first-order valence-corrected chi connectivity index (χ1v) is 11.7. The smallest absolute Gasteiger partial charge is 0.207 e. The molecule has 3 aromatic carbocycles. The second-order valence-corrected chi connectivity index (χ2v) is 9.61. The monoisotopic (exact) mass is 443 g/mol. The first kappa shape index (κ1) is 20.3. The third kappa shape index (κ3) is 3.63. The van der Waals surface area contributed by atoms with Gasteiger partial charge in [-0.2, -0.15) is 8.82 Å². The molecule has 0 spiro atoms. The van der Waals surface area contributed by atoms with Crippen LogP contribution in [-0.4, -0.2) is 32.8 Å². The summed E-state index contributed by atoms with van der Waals surface area (Å²) >= 11 is 0. The van der Waals surface area contributed by atoms with E-state index in [1.54, 1.807) is 34.8 Å². The molecule has 0 bridgehead atoms. The molecule has 0 unspecified atom stereocenters. The van der Waals surface area contributed by atoms with E-state index in [0.717, 1.165) is 27.6 Å². The number of nitrogens with zero attached hydrogens (tertiary/aromatic N) is 5. The van der Waals surface area contributed by atoms with Crippen LogP contribution >= 0.6 is 0 Å². The third-order valence-electron chi connectivity index (χ3n) is 5.50. The Labute approximate surface area is 186 Å². The van der Waals surface area contributed by atoms with Crippen LogP contribution < -0.4 is 0 Å². The van der Waals surface area contributed by atoms with Gasteiger partial charge in [-0.3, -0.25) is 0 Å². The average Bonchev–Trinajstić information content (AvgIpc) is 3.30. The summed E-state index contributed by atoms with van der Waals surface area (Å²) in [7, 11) is -3.76. The lowest BCUT2D eigenvalue weighted by atomic mass is 10.1. The predicted molar refractivity (Wildman–Crippen MR) is 122 cm³/mol. The molecule has 160 valence electrons. The number of aromatic nitrogens is 4. The molecular formula is C24H21N5O2S. The van der Waals surface area contributed by atoms with Gasteiger partial charge in [0.2, 0.25) is 10.0 Å². The predicted octanol–water partition coefficient (Wildman–Crippen LogP) is 3.98. The maximum atomic E-state index is 13.6. The molecule has 0 aliphatic heterocycles.